The summed E-state index contributed by atoms with van der Waals surface area (Å²) in [7, 11) is 1.68. The number of amides is 1. The number of hydrogen-bond acceptors (Lipinski definition) is 7. The molecule has 1 amide bonds. The topological polar surface area (TPSA) is 85.8 Å². The van der Waals surface area contributed by atoms with E-state index >= 15 is 0 Å². The molecule has 2 aliphatic rings. The Bertz CT molecular complexity index is 1590. The van der Waals surface area contributed by atoms with Crippen LogP contribution < -0.4 is 14.8 Å². The molecule has 4 aromatic rings. The van der Waals surface area contributed by atoms with E-state index in [1.807, 2.05) is 68.3 Å². The summed E-state index contributed by atoms with van der Waals surface area (Å²) in [5, 5.41) is 4.38. The van der Waals surface area contributed by atoms with Gasteiger partial charge in [0.05, 0.1) is 24.9 Å². The van der Waals surface area contributed by atoms with Crippen molar-refractivity contribution in [1.29, 1.82) is 0 Å². The number of rotatable bonds is 5. The highest BCUT2D eigenvalue weighted by molar-refractivity contribution is 5.95. The van der Waals surface area contributed by atoms with Crippen LogP contribution in [0.2, 0.25) is 0 Å². The average Bonchev–Trinajstić information content (AvgIpc) is 3.47. The summed E-state index contributed by atoms with van der Waals surface area (Å²) in [5.74, 6) is 2.56. The van der Waals surface area contributed by atoms with Crippen molar-refractivity contribution in [2.75, 3.05) is 32.1 Å². The average molecular weight is 553 g/mol. The van der Waals surface area contributed by atoms with Crippen LogP contribution in [-0.4, -0.2) is 53.4 Å². The van der Waals surface area contributed by atoms with Gasteiger partial charge in [0.1, 0.15) is 17.1 Å². The fourth-order valence-corrected chi connectivity index (χ4v) is 5.82. The van der Waals surface area contributed by atoms with Crippen LogP contribution in [0.15, 0.2) is 60.8 Å². The van der Waals surface area contributed by atoms with Crippen molar-refractivity contribution in [2.45, 2.75) is 51.6 Å². The van der Waals surface area contributed by atoms with Gasteiger partial charge in [-0.25, -0.2) is 14.8 Å². The highest BCUT2D eigenvalue weighted by atomic mass is 16.6. The van der Waals surface area contributed by atoms with E-state index in [1.165, 1.54) is 11.1 Å². The van der Waals surface area contributed by atoms with Crippen molar-refractivity contribution >= 4 is 28.6 Å². The molecular formula is C33H36N4O4. The predicted octanol–water partition coefficient (Wildman–Crippen LogP) is 7.10. The molecule has 6 rings (SSSR count). The molecule has 3 heterocycles. The normalized spacial score (nSPS) is 15.4. The van der Waals surface area contributed by atoms with Gasteiger partial charge in [-0.3, -0.25) is 0 Å². The number of ether oxygens (including phenoxy) is 3. The zero-order valence-corrected chi connectivity index (χ0v) is 24.1. The molecule has 1 aromatic heterocycles. The van der Waals surface area contributed by atoms with Crippen molar-refractivity contribution in [3.8, 4) is 22.6 Å². The van der Waals surface area contributed by atoms with E-state index in [2.05, 4.69) is 28.5 Å². The lowest BCUT2D eigenvalue weighted by molar-refractivity contribution is 0.0204. The Labute approximate surface area is 240 Å². The molecular weight excluding hydrogens is 516 g/mol. The van der Waals surface area contributed by atoms with Gasteiger partial charge in [-0.05, 0) is 57.2 Å². The number of aromatic nitrogens is 2. The molecule has 0 spiro atoms. The maximum Gasteiger partial charge on any atom is 0.410 e. The Kier molecular flexibility index (Phi) is 7.15. The van der Waals surface area contributed by atoms with Gasteiger partial charge in [-0.1, -0.05) is 42.5 Å². The number of nitrogens with one attached hydrogen (secondary N) is 1. The Morgan fingerprint density at radius 1 is 1.02 bits per heavy atom. The van der Waals surface area contributed by atoms with Crippen LogP contribution in [0.5, 0.6) is 11.5 Å². The van der Waals surface area contributed by atoms with E-state index in [1.54, 1.807) is 7.11 Å². The maximum absolute atomic E-state index is 12.5. The SMILES string of the molecule is COc1ccccc1-c1cccc2cnc(Nc3ccc(C4CCN(C(=O)OC(C)(C)C)CC4)c4c3OCC4)nc12. The number of likely N-dealkylation sites (tertiary alicyclic amines) is 1. The van der Waals surface area contributed by atoms with Gasteiger partial charge >= 0.3 is 6.09 Å². The minimum Gasteiger partial charge on any atom is -0.496 e. The summed E-state index contributed by atoms with van der Waals surface area (Å²) in [4.78, 5) is 23.9. The third-order valence-electron chi connectivity index (χ3n) is 7.74. The van der Waals surface area contributed by atoms with Crippen LogP contribution in [0.4, 0.5) is 16.4 Å². The van der Waals surface area contributed by atoms with Crippen LogP contribution in [0.3, 0.4) is 0 Å². The number of methoxy groups -OCH3 is 1. The van der Waals surface area contributed by atoms with Crippen molar-refractivity contribution in [1.82, 2.24) is 14.9 Å². The quantitative estimate of drug-likeness (QED) is 0.283. The first-order chi connectivity index (χ1) is 19.8. The lowest BCUT2D eigenvalue weighted by Crippen LogP contribution is -2.41. The molecule has 2 aliphatic heterocycles. The van der Waals surface area contributed by atoms with Gasteiger partial charge in [0.15, 0.2) is 0 Å². The molecule has 0 aliphatic carbocycles. The summed E-state index contributed by atoms with van der Waals surface area (Å²) in [5.41, 5.74) is 5.74. The highest BCUT2D eigenvalue weighted by Gasteiger charge is 2.31. The fraction of sp³-hybridized carbons (Fsp3) is 0.364. The summed E-state index contributed by atoms with van der Waals surface area (Å²) < 4.78 is 17.3. The van der Waals surface area contributed by atoms with Crippen LogP contribution in [0.25, 0.3) is 22.0 Å². The third-order valence-corrected chi connectivity index (χ3v) is 7.74. The first-order valence-corrected chi connectivity index (χ1v) is 14.2. The van der Waals surface area contributed by atoms with Crippen LogP contribution in [-0.2, 0) is 11.2 Å². The molecule has 1 N–H and O–H groups in total. The number of hydrogen-bond donors (Lipinski definition) is 1. The maximum atomic E-state index is 12.5. The van der Waals surface area contributed by atoms with E-state index in [0.29, 0.717) is 31.6 Å². The molecule has 0 unspecified atom stereocenters. The number of benzene rings is 3. The number of para-hydroxylation sites is 2. The number of anilines is 2. The number of piperidine rings is 1. The van der Waals surface area contributed by atoms with Gasteiger partial charge in [-0.15, -0.1) is 0 Å². The highest BCUT2D eigenvalue weighted by Crippen LogP contribution is 2.43. The second-order valence-corrected chi connectivity index (χ2v) is 11.6. The minimum absolute atomic E-state index is 0.228. The predicted molar refractivity (Wildman–Crippen MR) is 160 cm³/mol. The fourth-order valence-electron chi connectivity index (χ4n) is 5.82. The molecule has 0 atom stereocenters. The number of fused-ring (bicyclic) bond motifs is 2. The minimum atomic E-state index is -0.486. The van der Waals surface area contributed by atoms with E-state index < -0.39 is 5.60 Å². The Morgan fingerprint density at radius 3 is 2.59 bits per heavy atom. The van der Waals surface area contributed by atoms with Gasteiger partial charge in [0, 0.05) is 47.8 Å². The number of carbonyl (C=O) groups excluding carboxylic acids is 1. The summed E-state index contributed by atoms with van der Waals surface area (Å²) in [6.45, 7) is 7.73. The molecule has 1 fully saturated rings. The van der Waals surface area contributed by atoms with Crippen molar-refractivity contribution in [3.63, 3.8) is 0 Å². The van der Waals surface area contributed by atoms with Crippen LogP contribution >= 0.6 is 0 Å². The van der Waals surface area contributed by atoms with E-state index in [0.717, 1.165) is 58.5 Å². The standard InChI is InChI=1S/C33H36N4O4/c1-33(2,3)41-32(38)37-17-14-21(15-18-37)23-12-13-27(30-26(23)16-19-40-30)35-31-34-20-22-8-7-10-25(29(22)36-31)24-9-5-6-11-28(24)39-4/h5-13,20-21H,14-19H2,1-4H3,(H,34,35,36). The number of carbonyl (C=O) groups is 1. The summed E-state index contributed by atoms with van der Waals surface area (Å²) >= 11 is 0. The van der Waals surface area contributed by atoms with E-state index in [4.69, 9.17) is 19.2 Å². The van der Waals surface area contributed by atoms with E-state index in [-0.39, 0.29) is 6.09 Å². The molecule has 41 heavy (non-hydrogen) atoms. The molecule has 0 bridgehead atoms. The number of nitrogens with zero attached hydrogens (tertiary/aromatic N) is 3. The molecule has 1 saturated heterocycles. The second-order valence-electron chi connectivity index (χ2n) is 11.6. The largest absolute Gasteiger partial charge is 0.496 e. The zero-order chi connectivity index (χ0) is 28.6. The van der Waals surface area contributed by atoms with Crippen LogP contribution in [0.1, 0.15) is 50.7 Å². The Hall–Kier alpha value is -4.33. The van der Waals surface area contributed by atoms with Crippen molar-refractivity contribution in [3.05, 3.63) is 71.9 Å². The first kappa shape index (κ1) is 26.9. The van der Waals surface area contributed by atoms with E-state index in [9.17, 15) is 4.79 Å². The van der Waals surface area contributed by atoms with Crippen molar-refractivity contribution < 1.29 is 19.0 Å². The molecule has 8 heteroatoms. The summed E-state index contributed by atoms with van der Waals surface area (Å²) in [6, 6.07) is 18.3. The van der Waals surface area contributed by atoms with Crippen LogP contribution in [0, 0.1) is 0 Å². The second kappa shape index (κ2) is 10.9. The summed E-state index contributed by atoms with van der Waals surface area (Å²) in [6.07, 6.45) is 4.28. The lowest BCUT2D eigenvalue weighted by atomic mass is 9.85. The van der Waals surface area contributed by atoms with Gasteiger partial charge < -0.3 is 24.4 Å². The molecule has 8 nitrogen and oxygen atoms in total. The monoisotopic (exact) mass is 552 g/mol. The molecule has 3 aromatic carbocycles. The molecule has 0 saturated carbocycles. The van der Waals surface area contributed by atoms with Gasteiger partial charge in [-0.2, -0.15) is 0 Å². The third kappa shape index (κ3) is 5.51. The smallest absolute Gasteiger partial charge is 0.410 e. The molecule has 0 radical (unpaired) electrons. The zero-order valence-electron chi connectivity index (χ0n) is 24.1. The first-order valence-electron chi connectivity index (χ1n) is 14.2. The Morgan fingerprint density at radius 2 is 1.80 bits per heavy atom. The van der Waals surface area contributed by atoms with Gasteiger partial charge in [0.25, 0.3) is 0 Å². The lowest BCUT2D eigenvalue weighted by Gasteiger charge is -2.34. The van der Waals surface area contributed by atoms with Gasteiger partial charge in [0.2, 0.25) is 5.95 Å². The molecule has 212 valence electrons. The Balaban J connectivity index is 1.24. The van der Waals surface area contributed by atoms with Crippen molar-refractivity contribution in [2.24, 2.45) is 0 Å².